The zero-order chi connectivity index (χ0) is 15.2. The number of nitrogens with two attached hydrogens (primary N) is 1. The second-order valence-corrected chi connectivity index (χ2v) is 5.54. The molecule has 2 aromatic heterocycles. The van der Waals surface area contributed by atoms with E-state index in [0.29, 0.717) is 0 Å². The van der Waals surface area contributed by atoms with Crippen LogP contribution in [0.4, 0.5) is 5.82 Å². The first-order chi connectivity index (χ1) is 10.1. The molecule has 0 saturated carbocycles. The van der Waals surface area contributed by atoms with Crippen LogP contribution in [0.5, 0.6) is 0 Å². The predicted molar refractivity (Wildman–Crippen MR) is 87.3 cm³/mol. The minimum atomic E-state index is 0.163. The number of aryl methyl sites for hydroxylation is 1. The van der Waals surface area contributed by atoms with Gasteiger partial charge in [0.2, 0.25) is 0 Å². The third-order valence-electron chi connectivity index (χ3n) is 3.47. The minimum absolute atomic E-state index is 0.163. The molecule has 4 nitrogen and oxygen atoms in total. The third-order valence-corrected chi connectivity index (χ3v) is 3.47. The van der Waals surface area contributed by atoms with Crippen molar-refractivity contribution >= 4 is 5.82 Å². The normalized spacial score (nSPS) is 12.2. The molecule has 2 aromatic rings. The van der Waals surface area contributed by atoms with Gasteiger partial charge in [0, 0.05) is 37.7 Å². The minimum Gasteiger partial charge on any atom is -0.352 e. The molecule has 0 aliphatic heterocycles. The highest BCUT2D eigenvalue weighted by molar-refractivity contribution is 5.48. The number of nitrogens with zero attached hydrogens (tertiary/aromatic N) is 3. The van der Waals surface area contributed by atoms with Gasteiger partial charge < -0.3 is 10.6 Å². The molecule has 0 aromatic carbocycles. The van der Waals surface area contributed by atoms with Gasteiger partial charge in [-0.05, 0) is 56.0 Å². The Morgan fingerprint density at radius 3 is 2.52 bits per heavy atom. The van der Waals surface area contributed by atoms with Crippen LogP contribution in [0.1, 0.15) is 30.5 Å². The van der Waals surface area contributed by atoms with Crippen molar-refractivity contribution in [2.24, 2.45) is 5.73 Å². The van der Waals surface area contributed by atoms with Crippen LogP contribution in [0.15, 0.2) is 36.8 Å². The molecule has 0 radical (unpaired) electrons. The van der Waals surface area contributed by atoms with Crippen molar-refractivity contribution < 1.29 is 0 Å². The zero-order valence-electron chi connectivity index (χ0n) is 13.1. The van der Waals surface area contributed by atoms with Gasteiger partial charge in [-0.15, -0.1) is 0 Å². The highest BCUT2D eigenvalue weighted by Gasteiger charge is 2.11. The lowest BCUT2D eigenvalue weighted by molar-refractivity contribution is 0.732. The number of anilines is 1. The van der Waals surface area contributed by atoms with Crippen LogP contribution in [-0.4, -0.2) is 22.6 Å². The topological polar surface area (TPSA) is 55.0 Å². The summed E-state index contributed by atoms with van der Waals surface area (Å²) >= 11 is 0. The predicted octanol–water partition coefficient (Wildman–Crippen LogP) is 2.70. The van der Waals surface area contributed by atoms with E-state index in [4.69, 9.17) is 5.73 Å². The Kier molecular flexibility index (Phi) is 5.28. The summed E-state index contributed by atoms with van der Waals surface area (Å²) in [5.41, 5.74) is 9.50. The average Bonchev–Trinajstić information content (AvgIpc) is 2.46. The van der Waals surface area contributed by atoms with Gasteiger partial charge in [-0.25, -0.2) is 4.98 Å². The highest BCUT2D eigenvalue weighted by atomic mass is 15.2. The lowest BCUT2D eigenvalue weighted by atomic mass is 10.1. The van der Waals surface area contributed by atoms with Crippen LogP contribution < -0.4 is 10.6 Å². The molecule has 4 heteroatoms. The monoisotopic (exact) mass is 284 g/mol. The summed E-state index contributed by atoms with van der Waals surface area (Å²) in [6.07, 6.45) is 6.47. The standard InChI is InChI=1S/C17H24N4/c1-4-21(12-15-5-7-19-8-6-15)17-13(2)9-16(11-20-17)10-14(3)18/h5-9,11,14H,4,10,12,18H2,1-3H3. The quantitative estimate of drug-likeness (QED) is 0.886. The SMILES string of the molecule is CCN(Cc1ccncc1)c1ncc(CC(C)N)cc1C. The summed E-state index contributed by atoms with van der Waals surface area (Å²) < 4.78 is 0. The van der Waals surface area contributed by atoms with Crippen LogP contribution >= 0.6 is 0 Å². The second-order valence-electron chi connectivity index (χ2n) is 5.54. The van der Waals surface area contributed by atoms with Crippen molar-refractivity contribution in [3.05, 3.63) is 53.5 Å². The van der Waals surface area contributed by atoms with E-state index in [1.54, 1.807) is 0 Å². The molecule has 1 unspecified atom stereocenters. The molecule has 0 aliphatic carbocycles. The fourth-order valence-electron chi connectivity index (χ4n) is 2.49. The Morgan fingerprint density at radius 1 is 1.24 bits per heavy atom. The van der Waals surface area contributed by atoms with E-state index in [1.807, 2.05) is 37.6 Å². The van der Waals surface area contributed by atoms with Crippen molar-refractivity contribution in [3.8, 4) is 0 Å². The lowest BCUT2D eigenvalue weighted by Gasteiger charge is -2.24. The first-order valence-corrected chi connectivity index (χ1v) is 7.45. The van der Waals surface area contributed by atoms with Crippen LogP contribution in [0.25, 0.3) is 0 Å². The van der Waals surface area contributed by atoms with Gasteiger partial charge in [0.1, 0.15) is 5.82 Å². The van der Waals surface area contributed by atoms with Crippen LogP contribution in [-0.2, 0) is 13.0 Å². The Bertz CT molecular complexity index is 566. The van der Waals surface area contributed by atoms with E-state index in [1.165, 1.54) is 16.7 Å². The molecule has 0 saturated heterocycles. The Labute approximate surface area is 127 Å². The van der Waals surface area contributed by atoms with E-state index >= 15 is 0 Å². The first kappa shape index (κ1) is 15.4. The molecule has 0 spiro atoms. The largest absolute Gasteiger partial charge is 0.352 e. The fourth-order valence-corrected chi connectivity index (χ4v) is 2.49. The second kappa shape index (κ2) is 7.18. The molecule has 0 fully saturated rings. The molecular weight excluding hydrogens is 260 g/mol. The fraction of sp³-hybridized carbons (Fsp3) is 0.412. The molecule has 1 atom stereocenters. The summed E-state index contributed by atoms with van der Waals surface area (Å²) in [5.74, 6) is 1.04. The van der Waals surface area contributed by atoms with Gasteiger partial charge in [-0.1, -0.05) is 6.07 Å². The maximum absolute atomic E-state index is 5.86. The van der Waals surface area contributed by atoms with E-state index in [0.717, 1.165) is 25.3 Å². The van der Waals surface area contributed by atoms with Crippen molar-refractivity contribution in [2.75, 3.05) is 11.4 Å². The van der Waals surface area contributed by atoms with Crippen LogP contribution in [0, 0.1) is 6.92 Å². The molecule has 21 heavy (non-hydrogen) atoms. The number of pyridine rings is 2. The van der Waals surface area contributed by atoms with Gasteiger partial charge in [0.25, 0.3) is 0 Å². The van der Waals surface area contributed by atoms with Crippen LogP contribution in [0.2, 0.25) is 0 Å². The molecule has 112 valence electrons. The van der Waals surface area contributed by atoms with E-state index in [-0.39, 0.29) is 6.04 Å². The van der Waals surface area contributed by atoms with E-state index in [9.17, 15) is 0 Å². The van der Waals surface area contributed by atoms with Gasteiger partial charge in [0.05, 0.1) is 0 Å². The maximum Gasteiger partial charge on any atom is 0.131 e. The van der Waals surface area contributed by atoms with Crippen molar-refractivity contribution in [1.29, 1.82) is 0 Å². The summed E-state index contributed by atoms with van der Waals surface area (Å²) in [6.45, 7) is 8.05. The molecule has 0 bridgehead atoms. The number of rotatable bonds is 6. The summed E-state index contributed by atoms with van der Waals surface area (Å²) in [5, 5.41) is 0. The Hall–Kier alpha value is -1.94. The molecule has 2 rings (SSSR count). The maximum atomic E-state index is 5.86. The summed E-state index contributed by atoms with van der Waals surface area (Å²) in [7, 11) is 0. The number of aromatic nitrogens is 2. The summed E-state index contributed by atoms with van der Waals surface area (Å²) in [4.78, 5) is 11.0. The summed E-state index contributed by atoms with van der Waals surface area (Å²) in [6, 6.07) is 6.45. The molecule has 2 heterocycles. The smallest absolute Gasteiger partial charge is 0.131 e. The van der Waals surface area contributed by atoms with Gasteiger partial charge in [-0.3, -0.25) is 4.98 Å². The van der Waals surface area contributed by atoms with Crippen molar-refractivity contribution in [3.63, 3.8) is 0 Å². The van der Waals surface area contributed by atoms with Crippen molar-refractivity contribution in [2.45, 2.75) is 39.8 Å². The molecular formula is C17H24N4. The Morgan fingerprint density at radius 2 is 1.95 bits per heavy atom. The number of hydrogen-bond acceptors (Lipinski definition) is 4. The average molecular weight is 284 g/mol. The third kappa shape index (κ3) is 4.26. The molecule has 0 amide bonds. The van der Waals surface area contributed by atoms with E-state index in [2.05, 4.69) is 34.8 Å². The molecule has 0 aliphatic rings. The lowest BCUT2D eigenvalue weighted by Crippen LogP contribution is -2.24. The van der Waals surface area contributed by atoms with Crippen LogP contribution in [0.3, 0.4) is 0 Å². The zero-order valence-corrected chi connectivity index (χ0v) is 13.1. The highest BCUT2D eigenvalue weighted by Crippen LogP contribution is 2.20. The van der Waals surface area contributed by atoms with Gasteiger partial charge in [-0.2, -0.15) is 0 Å². The van der Waals surface area contributed by atoms with E-state index < -0.39 is 0 Å². The Balaban J connectivity index is 2.18. The first-order valence-electron chi connectivity index (χ1n) is 7.45. The van der Waals surface area contributed by atoms with Gasteiger partial charge in [0.15, 0.2) is 0 Å². The molecule has 2 N–H and O–H groups in total. The van der Waals surface area contributed by atoms with Crippen molar-refractivity contribution in [1.82, 2.24) is 9.97 Å². The number of hydrogen-bond donors (Lipinski definition) is 1. The van der Waals surface area contributed by atoms with Gasteiger partial charge >= 0.3 is 0 Å².